The summed E-state index contributed by atoms with van der Waals surface area (Å²) in [4.78, 5) is 7.94. The van der Waals surface area contributed by atoms with E-state index in [1.54, 1.807) is 13.8 Å². The van der Waals surface area contributed by atoms with Gasteiger partial charge in [0.2, 0.25) is 0 Å². The molecule has 0 bridgehead atoms. The third-order valence-corrected chi connectivity index (χ3v) is 4.00. The van der Waals surface area contributed by atoms with E-state index in [2.05, 4.69) is 55.5 Å². The molecule has 0 aliphatic carbocycles. The van der Waals surface area contributed by atoms with Gasteiger partial charge in [0.05, 0.1) is 24.3 Å². The summed E-state index contributed by atoms with van der Waals surface area (Å²) in [5.41, 5.74) is 20.5. The summed E-state index contributed by atoms with van der Waals surface area (Å²) >= 11 is 7.49. The molecule has 0 spiro atoms. The van der Waals surface area contributed by atoms with Gasteiger partial charge < -0.3 is 41.5 Å². The fourth-order valence-corrected chi connectivity index (χ4v) is 2.27. The third-order valence-electron chi connectivity index (χ3n) is 3.82. The Morgan fingerprint density at radius 3 is 1.52 bits per heavy atom. The average molecular weight is 538 g/mol. The van der Waals surface area contributed by atoms with Crippen molar-refractivity contribution in [1.29, 1.82) is 0 Å². The number of aromatic nitrogens is 2. The Kier molecular flexibility index (Phi) is 14.0. The Hall–Kier alpha value is -2.62. The number of aliphatic hydroxyl groups is 2. The molecule has 1 radical (unpaired) electrons. The van der Waals surface area contributed by atoms with Gasteiger partial charge in [0.15, 0.2) is 34.7 Å². The van der Waals surface area contributed by atoms with Crippen molar-refractivity contribution >= 4 is 47.1 Å². The smallest absolute Gasteiger partial charge is 0.592 e. The van der Waals surface area contributed by atoms with Gasteiger partial charge in [0, 0.05) is 35.9 Å². The van der Waals surface area contributed by atoms with Gasteiger partial charge in [-0.15, -0.1) is 0 Å². The van der Waals surface area contributed by atoms with E-state index in [0.717, 1.165) is 0 Å². The van der Waals surface area contributed by atoms with Crippen molar-refractivity contribution in [2.75, 3.05) is 0 Å². The SMILES string of the molecule is Cc1ncc(CO)c(C=N[N-]C(N)=[SH+])c1[OH2+].Cc1ncc(CO)c(C=N[N-]C(N)=[SH+])c1[OH2+].[Mn+2]. The van der Waals surface area contributed by atoms with E-state index in [1.807, 2.05) is 0 Å². The van der Waals surface area contributed by atoms with Crippen molar-refractivity contribution in [3.8, 4) is 11.5 Å². The zero-order chi connectivity index (χ0) is 24.3. The van der Waals surface area contributed by atoms with E-state index >= 15 is 0 Å². The number of thiol groups is 2. The largest absolute Gasteiger partial charge is 2.00 e. The fraction of sp³-hybridized carbons (Fsp3) is 0.222. The van der Waals surface area contributed by atoms with Gasteiger partial charge in [0.25, 0.3) is 11.5 Å². The number of aryl methyl sites for hydroxylation is 2. The van der Waals surface area contributed by atoms with Crippen LogP contribution in [0.4, 0.5) is 0 Å². The predicted molar refractivity (Wildman–Crippen MR) is 134 cm³/mol. The minimum atomic E-state index is -0.208. The Morgan fingerprint density at radius 1 is 0.909 bits per heavy atom. The summed E-state index contributed by atoms with van der Waals surface area (Å²) < 4.78 is 0. The minimum absolute atomic E-state index is 0. The molecule has 0 atom stereocenters. The van der Waals surface area contributed by atoms with Crippen LogP contribution in [-0.2, 0) is 54.7 Å². The van der Waals surface area contributed by atoms with E-state index in [4.69, 9.17) is 31.9 Å². The second-order valence-electron chi connectivity index (χ2n) is 6.04. The molecule has 0 amide bonds. The van der Waals surface area contributed by atoms with Gasteiger partial charge in [-0.05, 0) is 13.8 Å². The van der Waals surface area contributed by atoms with Crippen LogP contribution in [0.1, 0.15) is 33.6 Å². The van der Waals surface area contributed by atoms with Crippen molar-refractivity contribution < 1.29 is 37.5 Å². The number of nitrogens with two attached hydrogens (primary N) is 2. The molecule has 0 saturated carbocycles. The maximum atomic E-state index is 9.08. The summed E-state index contributed by atoms with van der Waals surface area (Å²) in [5, 5.41) is 41.0. The summed E-state index contributed by atoms with van der Waals surface area (Å²) in [6, 6.07) is 0. The molecule has 0 aromatic carbocycles. The number of pyridine rings is 2. The van der Waals surface area contributed by atoms with Crippen LogP contribution in [0.5, 0.6) is 11.5 Å². The van der Waals surface area contributed by atoms with Gasteiger partial charge in [-0.1, -0.05) is 0 Å². The van der Waals surface area contributed by atoms with E-state index in [0.29, 0.717) is 33.6 Å². The maximum Gasteiger partial charge on any atom is 2.00 e. The Bertz CT molecular complexity index is 955. The van der Waals surface area contributed by atoms with Gasteiger partial charge in [-0.3, -0.25) is 21.4 Å². The first kappa shape index (κ1) is 30.4. The molecule has 15 heteroatoms. The van der Waals surface area contributed by atoms with Crippen molar-refractivity contribution in [2.45, 2.75) is 27.1 Å². The first-order valence-corrected chi connectivity index (χ1v) is 9.74. The van der Waals surface area contributed by atoms with Gasteiger partial charge in [-0.25, -0.2) is 0 Å². The van der Waals surface area contributed by atoms with Crippen LogP contribution in [0.25, 0.3) is 10.9 Å². The predicted octanol–water partition coefficient (Wildman–Crippen LogP) is -1.30. The second-order valence-corrected chi connectivity index (χ2v) is 6.95. The summed E-state index contributed by atoms with van der Waals surface area (Å²) in [5.74, 6) is 0.423. The zero-order valence-corrected chi connectivity index (χ0v) is 20.7. The van der Waals surface area contributed by atoms with Crippen LogP contribution in [0.3, 0.4) is 0 Å². The van der Waals surface area contributed by atoms with E-state index in [-0.39, 0.29) is 52.0 Å². The molecular weight excluding hydrogens is 511 g/mol. The molecule has 2 rings (SSSR count). The van der Waals surface area contributed by atoms with Crippen molar-refractivity contribution in [3.63, 3.8) is 0 Å². The van der Waals surface area contributed by atoms with Gasteiger partial charge >= 0.3 is 17.1 Å². The summed E-state index contributed by atoms with van der Waals surface area (Å²) in [7, 11) is 0. The molecule has 0 unspecified atom stereocenters. The molecule has 2 aromatic rings. The average Bonchev–Trinajstić information content (AvgIpc) is 2.74. The standard InChI is InChI=1S/2C9H12N4O2S.Mn/c2*1-5-8(15)7(3-12-13-9(10)16)6(4-14)2-11-5;/h2*2-3,14H,4H2,1H3,(H4,10,11,12,13,15,16);/q;;+2/p+2. The Labute approximate surface area is 211 Å². The molecule has 33 heavy (non-hydrogen) atoms. The molecule has 10 N–H and O–H groups in total. The molecule has 12 nitrogen and oxygen atoms in total. The van der Waals surface area contributed by atoms with Crippen LogP contribution < -0.4 is 11.5 Å². The number of hydrogen-bond donors (Lipinski definition) is 4. The number of hydrogen-bond acceptors (Lipinski definition) is 6. The van der Waals surface area contributed by atoms with Crippen LogP contribution in [0.2, 0.25) is 0 Å². The number of rotatable bonds is 6. The van der Waals surface area contributed by atoms with Crippen molar-refractivity contribution in [1.82, 2.24) is 9.97 Å². The third kappa shape index (κ3) is 9.81. The molecule has 0 saturated heterocycles. The normalized spacial score (nSPS) is 10.4. The molecule has 177 valence electrons. The van der Waals surface area contributed by atoms with Gasteiger partial charge in [0.1, 0.15) is 11.4 Å². The quantitative estimate of drug-likeness (QED) is 0.0876. The van der Waals surface area contributed by atoms with Gasteiger partial charge in [-0.2, -0.15) is 0 Å². The minimum Gasteiger partial charge on any atom is -0.592 e. The molecule has 2 aromatic heterocycles. The van der Waals surface area contributed by atoms with Crippen molar-refractivity contribution in [2.24, 2.45) is 21.7 Å². The van der Waals surface area contributed by atoms with E-state index in [9.17, 15) is 0 Å². The van der Waals surface area contributed by atoms with Crippen LogP contribution in [0.15, 0.2) is 22.6 Å². The molecule has 2 heterocycles. The van der Waals surface area contributed by atoms with Crippen LogP contribution in [-0.4, -0.2) is 53.0 Å². The Morgan fingerprint density at radius 2 is 1.24 bits per heavy atom. The second kappa shape index (κ2) is 15.3. The van der Waals surface area contributed by atoms with E-state index < -0.39 is 0 Å². The molecule has 0 aliphatic heterocycles. The van der Waals surface area contributed by atoms with Crippen molar-refractivity contribution in [3.05, 3.63) is 56.9 Å². The summed E-state index contributed by atoms with van der Waals surface area (Å²) in [6.45, 7) is 3.00. The van der Waals surface area contributed by atoms with E-state index in [1.165, 1.54) is 24.8 Å². The Balaban J connectivity index is 0.000000602. The first-order chi connectivity index (χ1) is 15.1. The molecule has 0 aliphatic rings. The monoisotopic (exact) mass is 537 g/mol. The number of aliphatic hydroxyl groups excluding tert-OH is 2. The summed E-state index contributed by atoms with van der Waals surface area (Å²) in [6.07, 6.45) is 5.71. The fourth-order valence-electron chi connectivity index (χ4n) is 2.17. The zero-order valence-electron chi connectivity index (χ0n) is 17.7. The molecule has 0 fully saturated rings. The topological polar surface area (TPSA) is 217 Å². The maximum absolute atomic E-state index is 9.08. The first-order valence-electron chi connectivity index (χ1n) is 8.85. The van der Waals surface area contributed by atoms with Crippen LogP contribution in [0, 0.1) is 13.8 Å². The van der Waals surface area contributed by atoms with Crippen LogP contribution >= 0.6 is 0 Å². The molecular formula is C18H26MnN8O4S2+4. The number of nitrogens with zero attached hydrogens (tertiary/aromatic N) is 6.